The molecule has 0 radical (unpaired) electrons. The van der Waals surface area contributed by atoms with Crippen LogP contribution in [0.3, 0.4) is 0 Å². The van der Waals surface area contributed by atoms with E-state index >= 15 is 0 Å². The molecule has 2 atom stereocenters. The van der Waals surface area contributed by atoms with E-state index in [4.69, 9.17) is 14.5 Å². The third kappa shape index (κ3) is 5.77. The minimum Gasteiger partial charge on any atom is -0.494 e. The van der Waals surface area contributed by atoms with Gasteiger partial charge in [-0.2, -0.15) is 0 Å². The first-order valence-corrected chi connectivity index (χ1v) is 16.1. The standard InChI is InChI=1S/C35H48N4O3/c1-6-41-30-11-9-10-26(22-30)35(16-19-37(20-17-35)33(40)42-34(3,4)5)18-21-38-27-14-15-28(38)24-29(23-27)39-25(2)36-31-12-7-8-13-32(31)39/h7-13,22,27-29H,6,14-21,23-24H2,1-5H3. The van der Waals surface area contributed by atoms with Gasteiger partial charge in [0, 0.05) is 36.6 Å². The predicted octanol–water partition coefficient (Wildman–Crippen LogP) is 7.27. The maximum absolute atomic E-state index is 12.9. The number of benzene rings is 2. The Balaban J connectivity index is 1.19. The Morgan fingerprint density at radius 1 is 1.00 bits per heavy atom. The molecule has 2 aromatic carbocycles. The van der Waals surface area contributed by atoms with E-state index in [0.29, 0.717) is 24.7 Å². The number of likely N-dealkylation sites (tertiary alicyclic amines) is 1. The Morgan fingerprint density at radius 3 is 2.40 bits per heavy atom. The van der Waals surface area contributed by atoms with E-state index in [-0.39, 0.29) is 11.5 Å². The maximum atomic E-state index is 12.9. The van der Waals surface area contributed by atoms with E-state index in [9.17, 15) is 4.79 Å². The van der Waals surface area contributed by atoms with Gasteiger partial charge in [0.2, 0.25) is 0 Å². The summed E-state index contributed by atoms with van der Waals surface area (Å²) in [4.78, 5) is 22.5. The van der Waals surface area contributed by atoms with Crippen molar-refractivity contribution in [2.24, 2.45) is 0 Å². The molecule has 0 N–H and O–H groups in total. The van der Waals surface area contributed by atoms with Gasteiger partial charge in [0.15, 0.2) is 0 Å². The van der Waals surface area contributed by atoms with Crippen molar-refractivity contribution >= 4 is 17.1 Å². The molecule has 7 heteroatoms. The van der Waals surface area contributed by atoms with E-state index < -0.39 is 5.60 Å². The van der Waals surface area contributed by atoms with E-state index in [1.165, 1.54) is 36.8 Å². The average Bonchev–Trinajstić information content (AvgIpc) is 3.42. The molecule has 3 saturated heterocycles. The monoisotopic (exact) mass is 572 g/mol. The summed E-state index contributed by atoms with van der Waals surface area (Å²) in [6, 6.07) is 19.1. The number of hydrogen-bond donors (Lipinski definition) is 0. The normalized spacial score (nSPS) is 24.2. The molecule has 4 heterocycles. The second-order valence-corrected chi connectivity index (χ2v) is 13.7. The number of amides is 1. The number of carbonyl (C=O) groups excluding carboxylic acids is 1. The summed E-state index contributed by atoms with van der Waals surface area (Å²) >= 11 is 0. The lowest BCUT2D eigenvalue weighted by molar-refractivity contribution is 0.0143. The van der Waals surface area contributed by atoms with Gasteiger partial charge in [0.05, 0.1) is 17.6 Å². The molecule has 42 heavy (non-hydrogen) atoms. The zero-order valence-corrected chi connectivity index (χ0v) is 26.1. The third-order valence-electron chi connectivity index (χ3n) is 9.97. The van der Waals surface area contributed by atoms with Crippen LogP contribution >= 0.6 is 0 Å². The second-order valence-electron chi connectivity index (χ2n) is 13.7. The molecule has 3 aromatic rings. The molecule has 2 bridgehead atoms. The highest BCUT2D eigenvalue weighted by atomic mass is 16.6. The zero-order chi connectivity index (χ0) is 29.5. The highest BCUT2D eigenvalue weighted by Crippen LogP contribution is 2.45. The summed E-state index contributed by atoms with van der Waals surface area (Å²) < 4.78 is 14.2. The first-order valence-electron chi connectivity index (χ1n) is 16.1. The lowest BCUT2D eigenvalue weighted by Gasteiger charge is -2.45. The fourth-order valence-corrected chi connectivity index (χ4v) is 8.00. The van der Waals surface area contributed by atoms with Crippen molar-refractivity contribution in [3.05, 3.63) is 59.9 Å². The fraction of sp³-hybridized carbons (Fsp3) is 0.600. The zero-order valence-electron chi connectivity index (χ0n) is 26.1. The number of imidazole rings is 1. The molecule has 3 aliphatic rings. The van der Waals surface area contributed by atoms with Crippen LogP contribution in [0.1, 0.15) is 90.1 Å². The summed E-state index contributed by atoms with van der Waals surface area (Å²) in [6.45, 7) is 13.2. The first kappa shape index (κ1) is 29.0. The lowest BCUT2D eigenvalue weighted by atomic mass is 9.70. The van der Waals surface area contributed by atoms with Crippen LogP contribution in [0.5, 0.6) is 5.75 Å². The number of hydrogen-bond acceptors (Lipinski definition) is 5. The Kier molecular flexibility index (Phi) is 7.99. The molecule has 226 valence electrons. The van der Waals surface area contributed by atoms with Gasteiger partial charge in [0.1, 0.15) is 17.2 Å². The number of piperidine rings is 2. The highest BCUT2D eigenvalue weighted by Gasteiger charge is 2.44. The smallest absolute Gasteiger partial charge is 0.410 e. The fourth-order valence-electron chi connectivity index (χ4n) is 8.00. The lowest BCUT2D eigenvalue weighted by Crippen LogP contribution is -2.49. The van der Waals surface area contributed by atoms with Crippen LogP contribution in [0, 0.1) is 6.92 Å². The number of para-hydroxylation sites is 2. The van der Waals surface area contributed by atoms with Gasteiger partial charge in [0.25, 0.3) is 0 Å². The van der Waals surface area contributed by atoms with Gasteiger partial charge in [-0.15, -0.1) is 0 Å². The highest BCUT2D eigenvalue weighted by molar-refractivity contribution is 5.76. The molecule has 6 rings (SSSR count). The van der Waals surface area contributed by atoms with E-state index in [0.717, 1.165) is 56.0 Å². The van der Waals surface area contributed by atoms with Crippen molar-refractivity contribution in [2.45, 2.75) is 109 Å². The Labute approximate surface area is 251 Å². The molecule has 3 aliphatic heterocycles. The van der Waals surface area contributed by atoms with Crippen LogP contribution in [0.2, 0.25) is 0 Å². The number of fused-ring (bicyclic) bond motifs is 3. The first-order chi connectivity index (χ1) is 20.2. The summed E-state index contributed by atoms with van der Waals surface area (Å²) in [5, 5.41) is 0. The van der Waals surface area contributed by atoms with Gasteiger partial charge in [-0.3, -0.25) is 4.90 Å². The molecular weight excluding hydrogens is 524 g/mol. The van der Waals surface area contributed by atoms with Crippen LogP contribution in [0.15, 0.2) is 48.5 Å². The quantitative estimate of drug-likeness (QED) is 0.298. The van der Waals surface area contributed by atoms with E-state index in [1.807, 2.05) is 32.6 Å². The Morgan fingerprint density at radius 2 is 1.71 bits per heavy atom. The van der Waals surface area contributed by atoms with Crippen molar-refractivity contribution in [2.75, 3.05) is 26.2 Å². The van der Waals surface area contributed by atoms with E-state index in [2.05, 4.69) is 64.9 Å². The van der Waals surface area contributed by atoms with Crippen molar-refractivity contribution < 1.29 is 14.3 Å². The number of rotatable bonds is 7. The molecule has 3 fully saturated rings. The average molecular weight is 573 g/mol. The summed E-state index contributed by atoms with van der Waals surface area (Å²) in [7, 11) is 0. The van der Waals surface area contributed by atoms with Gasteiger partial charge in [-0.25, -0.2) is 9.78 Å². The van der Waals surface area contributed by atoms with Crippen LogP contribution in [0.25, 0.3) is 11.0 Å². The van der Waals surface area contributed by atoms with E-state index in [1.54, 1.807) is 0 Å². The minimum atomic E-state index is -0.482. The van der Waals surface area contributed by atoms with Crippen LogP contribution in [-0.4, -0.2) is 69.4 Å². The molecule has 1 amide bonds. The van der Waals surface area contributed by atoms with Crippen molar-refractivity contribution in [1.82, 2.24) is 19.4 Å². The van der Waals surface area contributed by atoms with Crippen molar-refractivity contribution in [3.63, 3.8) is 0 Å². The Hall–Kier alpha value is -3.06. The van der Waals surface area contributed by atoms with Crippen LogP contribution < -0.4 is 4.74 Å². The summed E-state index contributed by atoms with van der Waals surface area (Å²) in [5.74, 6) is 2.08. The third-order valence-corrected chi connectivity index (χ3v) is 9.97. The number of aryl methyl sites for hydroxylation is 1. The molecule has 2 unspecified atom stereocenters. The summed E-state index contributed by atoms with van der Waals surface area (Å²) in [6.07, 6.45) is 7.73. The van der Waals surface area contributed by atoms with Crippen LogP contribution in [-0.2, 0) is 10.2 Å². The molecule has 0 saturated carbocycles. The second kappa shape index (κ2) is 11.6. The van der Waals surface area contributed by atoms with Crippen LogP contribution in [0.4, 0.5) is 4.79 Å². The van der Waals surface area contributed by atoms with Gasteiger partial charge in [-0.05, 0) is 116 Å². The molecule has 0 aliphatic carbocycles. The maximum Gasteiger partial charge on any atom is 0.410 e. The molecular formula is C35H48N4O3. The molecule has 1 aromatic heterocycles. The van der Waals surface area contributed by atoms with Crippen molar-refractivity contribution in [1.29, 1.82) is 0 Å². The minimum absolute atomic E-state index is 0.0129. The van der Waals surface area contributed by atoms with Gasteiger partial charge in [-0.1, -0.05) is 24.3 Å². The number of ether oxygens (including phenoxy) is 2. The van der Waals surface area contributed by atoms with Gasteiger partial charge < -0.3 is 18.9 Å². The SMILES string of the molecule is CCOc1cccc(C2(CCN3C4CCC3CC(n3c(C)nc5ccccc53)C4)CCN(C(=O)OC(C)(C)C)CC2)c1. The van der Waals surface area contributed by atoms with Gasteiger partial charge >= 0.3 is 6.09 Å². The molecule has 0 spiro atoms. The topological polar surface area (TPSA) is 59.8 Å². The Bertz CT molecular complexity index is 1390. The van der Waals surface area contributed by atoms with Crippen molar-refractivity contribution in [3.8, 4) is 5.75 Å². The number of carbonyl (C=O) groups is 1. The predicted molar refractivity (Wildman–Crippen MR) is 167 cm³/mol. The number of aromatic nitrogens is 2. The summed E-state index contributed by atoms with van der Waals surface area (Å²) in [5.41, 5.74) is 3.26. The molecule has 7 nitrogen and oxygen atoms in total. The number of nitrogens with zero attached hydrogens (tertiary/aromatic N) is 4. The largest absolute Gasteiger partial charge is 0.494 e.